The number of aromatic nitrogens is 1. The van der Waals surface area contributed by atoms with Gasteiger partial charge < -0.3 is 14.8 Å². The zero-order valence-electron chi connectivity index (χ0n) is 20.3. The second kappa shape index (κ2) is 9.88. The fourth-order valence-corrected chi connectivity index (χ4v) is 9.87. The second-order valence-corrected chi connectivity index (χ2v) is 12.9. The number of methoxy groups -OCH3 is 2. The fraction of sp³-hybridized carbons (Fsp3) is 0.407. The van der Waals surface area contributed by atoms with Gasteiger partial charge in [0, 0.05) is 21.7 Å². The van der Waals surface area contributed by atoms with Gasteiger partial charge in [0.2, 0.25) is 5.91 Å². The standard InChI is InChI=1S/C27H26Cl2N2O4S2/c1-34-19-8-5-14(10-20(19)35-2)23-22-13-3-4-15(9-13)24(22)36-26-25(23)37-27(33)31(26)12-21(32)30-16-6-7-17(28)18(29)11-16/h5-8,10-11,13,15,22-24H,3-4,9,12H2,1-2H3,(H,30,32)/t13?,15?,22?,23-,24?/m1/s1. The summed E-state index contributed by atoms with van der Waals surface area (Å²) in [5.41, 5.74) is 1.68. The molecule has 6 rings (SSSR count). The first-order valence-corrected chi connectivity index (χ1v) is 14.7. The molecule has 37 heavy (non-hydrogen) atoms. The lowest BCUT2D eigenvalue weighted by Crippen LogP contribution is -2.34. The number of carbonyl (C=O) groups is 1. The molecule has 1 amide bonds. The van der Waals surface area contributed by atoms with Crippen LogP contribution in [0.25, 0.3) is 0 Å². The fourth-order valence-electron chi connectivity index (χ4n) is 6.42. The van der Waals surface area contributed by atoms with E-state index < -0.39 is 0 Å². The lowest BCUT2D eigenvalue weighted by atomic mass is 9.75. The molecule has 2 bridgehead atoms. The number of nitrogens with zero attached hydrogens (tertiary/aromatic N) is 1. The number of anilines is 1. The maximum atomic E-state index is 13.3. The van der Waals surface area contributed by atoms with Gasteiger partial charge in [-0.25, -0.2) is 0 Å². The number of rotatable bonds is 6. The molecule has 2 fully saturated rings. The van der Waals surface area contributed by atoms with Crippen molar-refractivity contribution in [1.82, 2.24) is 4.57 Å². The van der Waals surface area contributed by atoms with E-state index in [-0.39, 0.29) is 23.2 Å². The Morgan fingerprint density at radius 1 is 1.05 bits per heavy atom. The van der Waals surface area contributed by atoms with Gasteiger partial charge in [-0.3, -0.25) is 14.2 Å². The van der Waals surface area contributed by atoms with Crippen molar-refractivity contribution in [2.24, 2.45) is 17.8 Å². The number of thiazole rings is 1. The van der Waals surface area contributed by atoms with Gasteiger partial charge in [0.1, 0.15) is 6.54 Å². The van der Waals surface area contributed by atoms with Crippen LogP contribution in [0.5, 0.6) is 11.5 Å². The van der Waals surface area contributed by atoms with Crippen molar-refractivity contribution in [3.63, 3.8) is 0 Å². The molecule has 0 saturated heterocycles. The normalized spacial score (nSPS) is 25.5. The number of hydrogen-bond donors (Lipinski definition) is 1. The molecule has 6 nitrogen and oxygen atoms in total. The van der Waals surface area contributed by atoms with Crippen LogP contribution in [0.1, 0.15) is 35.6 Å². The van der Waals surface area contributed by atoms with E-state index in [1.165, 1.54) is 30.6 Å². The van der Waals surface area contributed by atoms with Crippen molar-refractivity contribution in [1.29, 1.82) is 0 Å². The van der Waals surface area contributed by atoms with E-state index in [1.807, 2.05) is 6.07 Å². The smallest absolute Gasteiger partial charge is 0.308 e. The van der Waals surface area contributed by atoms with Crippen LogP contribution in [-0.4, -0.2) is 29.9 Å². The number of carbonyl (C=O) groups excluding carboxylic acids is 1. The summed E-state index contributed by atoms with van der Waals surface area (Å²) in [5.74, 6) is 2.94. The minimum atomic E-state index is -0.278. The van der Waals surface area contributed by atoms with Crippen LogP contribution in [0.3, 0.4) is 0 Å². The van der Waals surface area contributed by atoms with E-state index in [9.17, 15) is 9.59 Å². The molecule has 2 aliphatic carbocycles. The Morgan fingerprint density at radius 3 is 2.59 bits per heavy atom. The maximum Gasteiger partial charge on any atom is 0.308 e. The minimum absolute atomic E-state index is 0.0535. The molecule has 1 aliphatic heterocycles. The predicted molar refractivity (Wildman–Crippen MR) is 149 cm³/mol. The molecule has 0 radical (unpaired) electrons. The summed E-state index contributed by atoms with van der Waals surface area (Å²) in [6.45, 7) is -0.0535. The van der Waals surface area contributed by atoms with E-state index in [4.69, 9.17) is 32.7 Å². The summed E-state index contributed by atoms with van der Waals surface area (Å²) in [5, 5.41) is 4.99. The molecule has 2 aromatic carbocycles. The summed E-state index contributed by atoms with van der Waals surface area (Å²) in [4.78, 5) is 27.2. The molecule has 194 valence electrons. The van der Waals surface area contributed by atoms with Crippen LogP contribution >= 0.6 is 46.3 Å². The Bertz CT molecular complexity index is 1440. The SMILES string of the molecule is COc1ccc([C@H]2c3sc(=O)n(CC(=O)Nc4ccc(Cl)c(Cl)c4)c3SC3C4CCC(C4)C32)cc1OC. The summed E-state index contributed by atoms with van der Waals surface area (Å²) in [6.07, 6.45) is 3.72. The number of fused-ring (bicyclic) bond motifs is 6. The van der Waals surface area contributed by atoms with Crippen LogP contribution in [0.4, 0.5) is 5.69 Å². The number of thioether (sulfide) groups is 1. The van der Waals surface area contributed by atoms with Gasteiger partial charge in [0.05, 0.1) is 29.3 Å². The molecular formula is C27H26Cl2N2O4S2. The Kier molecular flexibility index (Phi) is 6.72. The summed E-state index contributed by atoms with van der Waals surface area (Å²) >= 11 is 15.2. The van der Waals surface area contributed by atoms with Gasteiger partial charge in [0.15, 0.2) is 11.5 Å². The third kappa shape index (κ3) is 4.36. The average Bonchev–Trinajstić information content (AvgIpc) is 3.59. The van der Waals surface area contributed by atoms with Crippen LogP contribution in [0.15, 0.2) is 46.2 Å². The molecule has 3 aromatic rings. The highest BCUT2D eigenvalue weighted by molar-refractivity contribution is 8.00. The third-order valence-corrected chi connectivity index (χ3v) is 11.5. The van der Waals surface area contributed by atoms with Crippen LogP contribution in [-0.2, 0) is 11.3 Å². The van der Waals surface area contributed by atoms with Crippen molar-refractivity contribution in [2.75, 3.05) is 19.5 Å². The van der Waals surface area contributed by atoms with Gasteiger partial charge >= 0.3 is 4.87 Å². The summed E-state index contributed by atoms with van der Waals surface area (Å²) in [6, 6.07) is 11.0. The molecule has 1 N–H and O–H groups in total. The van der Waals surface area contributed by atoms with Crippen molar-refractivity contribution in [2.45, 2.75) is 42.0 Å². The van der Waals surface area contributed by atoms with Gasteiger partial charge in [0.25, 0.3) is 0 Å². The van der Waals surface area contributed by atoms with E-state index in [1.54, 1.807) is 48.7 Å². The van der Waals surface area contributed by atoms with Crippen molar-refractivity contribution >= 4 is 57.9 Å². The molecule has 0 spiro atoms. The highest BCUT2D eigenvalue weighted by atomic mass is 35.5. The monoisotopic (exact) mass is 576 g/mol. The quantitative estimate of drug-likeness (QED) is 0.361. The number of amides is 1. The summed E-state index contributed by atoms with van der Waals surface area (Å²) in [7, 11) is 3.28. The first kappa shape index (κ1) is 25.2. The van der Waals surface area contributed by atoms with Crippen LogP contribution in [0, 0.1) is 17.8 Å². The maximum absolute atomic E-state index is 13.3. The average molecular weight is 578 g/mol. The van der Waals surface area contributed by atoms with Gasteiger partial charge in [-0.05, 0) is 72.9 Å². The molecule has 5 atom stereocenters. The topological polar surface area (TPSA) is 69.6 Å². The first-order chi connectivity index (χ1) is 17.9. The number of ether oxygens (including phenoxy) is 2. The van der Waals surface area contributed by atoms with Gasteiger partial charge in [-0.1, -0.05) is 40.6 Å². The third-order valence-electron chi connectivity index (χ3n) is 7.96. The lowest BCUT2D eigenvalue weighted by Gasteiger charge is -2.40. The van der Waals surface area contributed by atoms with Crippen molar-refractivity contribution in [3.8, 4) is 11.5 Å². The number of nitrogens with one attached hydrogen (secondary N) is 1. The predicted octanol–water partition coefficient (Wildman–Crippen LogP) is 6.52. The van der Waals surface area contributed by atoms with E-state index >= 15 is 0 Å². The highest BCUT2D eigenvalue weighted by Gasteiger charge is 2.55. The van der Waals surface area contributed by atoms with Crippen LogP contribution < -0.4 is 19.7 Å². The Balaban J connectivity index is 1.37. The Labute approximate surface area is 233 Å². The van der Waals surface area contributed by atoms with Gasteiger partial charge in [-0.2, -0.15) is 0 Å². The number of benzene rings is 2. The second-order valence-electron chi connectivity index (χ2n) is 9.89. The molecule has 3 aliphatic rings. The highest BCUT2D eigenvalue weighted by Crippen LogP contribution is 2.64. The molecular weight excluding hydrogens is 551 g/mol. The first-order valence-electron chi connectivity index (χ1n) is 12.2. The number of halogens is 2. The van der Waals surface area contributed by atoms with E-state index in [2.05, 4.69) is 17.4 Å². The summed E-state index contributed by atoms with van der Waals surface area (Å²) < 4.78 is 12.7. The minimum Gasteiger partial charge on any atom is -0.493 e. The largest absolute Gasteiger partial charge is 0.493 e. The number of hydrogen-bond acceptors (Lipinski definition) is 6. The molecule has 1 aromatic heterocycles. The molecule has 10 heteroatoms. The van der Waals surface area contributed by atoms with Crippen molar-refractivity contribution in [3.05, 3.63) is 66.6 Å². The molecule has 2 saturated carbocycles. The van der Waals surface area contributed by atoms with E-state index in [0.717, 1.165) is 15.5 Å². The molecule has 4 unspecified atom stereocenters. The zero-order chi connectivity index (χ0) is 25.8. The zero-order valence-corrected chi connectivity index (χ0v) is 23.5. The van der Waals surface area contributed by atoms with E-state index in [0.29, 0.717) is 50.2 Å². The Morgan fingerprint density at radius 2 is 1.84 bits per heavy atom. The molecule has 2 heterocycles. The Hall–Kier alpha value is -2.13. The van der Waals surface area contributed by atoms with Crippen molar-refractivity contribution < 1.29 is 14.3 Å². The van der Waals surface area contributed by atoms with Crippen LogP contribution in [0.2, 0.25) is 10.0 Å². The lowest BCUT2D eigenvalue weighted by molar-refractivity contribution is -0.116. The van der Waals surface area contributed by atoms with Gasteiger partial charge in [-0.15, -0.1) is 11.8 Å².